The van der Waals surface area contributed by atoms with Gasteiger partial charge >= 0.3 is 0 Å². The second-order valence-corrected chi connectivity index (χ2v) is 4.77. The molecule has 0 saturated carbocycles. The van der Waals surface area contributed by atoms with E-state index in [1.807, 2.05) is 56.4 Å². The van der Waals surface area contributed by atoms with Crippen molar-refractivity contribution >= 4 is 17.5 Å². The lowest BCUT2D eigenvalue weighted by molar-refractivity contribution is 0.425. The molecule has 1 N–H and O–H groups in total. The fourth-order valence-electron chi connectivity index (χ4n) is 1.70. The highest BCUT2D eigenvalue weighted by Crippen LogP contribution is 2.19. The first kappa shape index (κ1) is 14.2. The topological polar surface area (TPSA) is 57.2 Å². The van der Waals surface area contributed by atoms with Gasteiger partial charge in [-0.15, -0.1) is 5.10 Å². The van der Waals surface area contributed by atoms with E-state index in [0.29, 0.717) is 5.95 Å². The number of anilines is 3. The van der Waals surface area contributed by atoms with E-state index in [1.54, 1.807) is 6.20 Å². The third-order valence-electron chi connectivity index (χ3n) is 2.86. The number of nitrogens with zero attached hydrogens (tertiary/aromatic N) is 5. The molecule has 2 aromatic rings. The molecule has 0 bridgehead atoms. The van der Waals surface area contributed by atoms with Crippen LogP contribution < -0.4 is 10.2 Å². The third-order valence-corrected chi connectivity index (χ3v) is 2.86. The van der Waals surface area contributed by atoms with Crippen molar-refractivity contribution in [3.05, 3.63) is 36.5 Å². The van der Waals surface area contributed by atoms with Gasteiger partial charge in [0.25, 0.3) is 5.95 Å². The second-order valence-electron chi connectivity index (χ2n) is 4.77. The summed E-state index contributed by atoms with van der Waals surface area (Å²) in [6.45, 7) is 1.76. The van der Waals surface area contributed by atoms with Crippen LogP contribution in [0.15, 0.2) is 36.5 Å². The van der Waals surface area contributed by atoms with Crippen molar-refractivity contribution in [2.45, 2.75) is 0 Å². The molecule has 0 unspecified atom stereocenters. The molecule has 1 aromatic carbocycles. The number of para-hydroxylation sites is 1. The van der Waals surface area contributed by atoms with E-state index in [2.05, 4.69) is 25.4 Å². The van der Waals surface area contributed by atoms with Crippen LogP contribution in [-0.2, 0) is 0 Å². The minimum Gasteiger partial charge on any atom is -0.367 e. The molecule has 0 amide bonds. The van der Waals surface area contributed by atoms with Gasteiger partial charge in [-0.3, -0.25) is 0 Å². The van der Waals surface area contributed by atoms with Gasteiger partial charge in [-0.25, -0.2) is 0 Å². The van der Waals surface area contributed by atoms with Gasteiger partial charge in [-0.2, -0.15) is 10.1 Å². The molecule has 0 radical (unpaired) electrons. The van der Waals surface area contributed by atoms with Crippen LogP contribution in [0.2, 0.25) is 0 Å². The van der Waals surface area contributed by atoms with Gasteiger partial charge < -0.3 is 15.1 Å². The molecule has 106 valence electrons. The second kappa shape index (κ2) is 6.81. The maximum Gasteiger partial charge on any atom is 0.251 e. The molecule has 6 heteroatoms. The Morgan fingerprint density at radius 1 is 1.10 bits per heavy atom. The molecule has 0 saturated heterocycles. The van der Waals surface area contributed by atoms with Crippen molar-refractivity contribution in [1.82, 2.24) is 20.1 Å². The first-order valence-electron chi connectivity index (χ1n) is 6.54. The molecule has 6 nitrogen and oxygen atoms in total. The Morgan fingerprint density at radius 3 is 2.55 bits per heavy atom. The van der Waals surface area contributed by atoms with Gasteiger partial charge in [0, 0.05) is 25.8 Å². The molecule has 1 aromatic heterocycles. The minimum absolute atomic E-state index is 0.575. The maximum atomic E-state index is 4.47. The first-order chi connectivity index (χ1) is 9.66. The molecule has 0 fully saturated rings. The van der Waals surface area contributed by atoms with E-state index in [1.165, 1.54) is 0 Å². The highest BCUT2D eigenvalue weighted by atomic mass is 15.3. The van der Waals surface area contributed by atoms with Crippen molar-refractivity contribution < 1.29 is 0 Å². The van der Waals surface area contributed by atoms with Crippen LogP contribution in [-0.4, -0.2) is 54.3 Å². The fourth-order valence-corrected chi connectivity index (χ4v) is 1.70. The van der Waals surface area contributed by atoms with Crippen molar-refractivity contribution in [3.63, 3.8) is 0 Å². The van der Waals surface area contributed by atoms with Gasteiger partial charge in [-0.05, 0) is 26.2 Å². The first-order valence-corrected chi connectivity index (χ1v) is 6.54. The number of likely N-dealkylation sites (N-methyl/N-ethyl adjacent to an activating group) is 1. The molecule has 2 rings (SSSR count). The lowest BCUT2D eigenvalue weighted by Gasteiger charge is -2.17. The summed E-state index contributed by atoms with van der Waals surface area (Å²) in [5, 5.41) is 11.3. The Kier molecular flexibility index (Phi) is 4.84. The molecule has 0 aliphatic rings. The van der Waals surface area contributed by atoms with Crippen LogP contribution in [0.5, 0.6) is 0 Å². The zero-order valence-corrected chi connectivity index (χ0v) is 12.1. The van der Waals surface area contributed by atoms with Gasteiger partial charge in [0.2, 0.25) is 0 Å². The molecular formula is C14H20N6. The van der Waals surface area contributed by atoms with Crippen LogP contribution in [0, 0.1) is 0 Å². The molecule has 0 spiro atoms. The normalized spacial score (nSPS) is 10.6. The fraction of sp³-hybridized carbons (Fsp3) is 0.357. The van der Waals surface area contributed by atoms with Crippen molar-refractivity contribution in [2.24, 2.45) is 0 Å². The van der Waals surface area contributed by atoms with E-state index in [-0.39, 0.29) is 0 Å². The number of hydrogen-bond acceptors (Lipinski definition) is 6. The summed E-state index contributed by atoms with van der Waals surface area (Å²) in [5.74, 6) is 1.31. The van der Waals surface area contributed by atoms with Gasteiger partial charge in [0.1, 0.15) is 0 Å². The average Bonchev–Trinajstić information content (AvgIpc) is 2.47. The number of nitrogens with one attached hydrogen (secondary N) is 1. The Morgan fingerprint density at radius 2 is 1.85 bits per heavy atom. The van der Waals surface area contributed by atoms with E-state index >= 15 is 0 Å². The molecule has 0 aliphatic carbocycles. The van der Waals surface area contributed by atoms with Gasteiger partial charge in [0.15, 0.2) is 5.82 Å². The lowest BCUT2D eigenvalue weighted by Crippen LogP contribution is -2.22. The molecular weight excluding hydrogens is 252 g/mol. The number of hydrogen-bond donors (Lipinski definition) is 1. The summed E-state index contributed by atoms with van der Waals surface area (Å²) in [5.41, 5.74) is 1.03. The van der Waals surface area contributed by atoms with Crippen LogP contribution in [0.3, 0.4) is 0 Å². The smallest absolute Gasteiger partial charge is 0.251 e. The largest absolute Gasteiger partial charge is 0.367 e. The SMILES string of the molecule is CN(C)CCNc1cnnc(N(C)c2ccccc2)n1. The summed E-state index contributed by atoms with van der Waals surface area (Å²) in [4.78, 5) is 8.49. The van der Waals surface area contributed by atoms with Crippen molar-refractivity contribution in [1.29, 1.82) is 0 Å². The standard InChI is InChI=1S/C14H20N6/c1-19(2)10-9-15-13-11-16-18-14(17-13)20(3)12-7-5-4-6-8-12/h4-8,11H,9-10H2,1-3H3,(H,15,17,18). The quantitative estimate of drug-likeness (QED) is 0.862. The Bertz CT molecular complexity index is 528. The minimum atomic E-state index is 0.575. The van der Waals surface area contributed by atoms with E-state index in [0.717, 1.165) is 24.6 Å². The molecule has 0 aliphatic heterocycles. The van der Waals surface area contributed by atoms with Gasteiger partial charge in [-0.1, -0.05) is 18.2 Å². The highest BCUT2D eigenvalue weighted by Gasteiger charge is 2.08. The summed E-state index contributed by atoms with van der Waals surface area (Å²) in [6, 6.07) is 9.97. The van der Waals surface area contributed by atoms with Crippen LogP contribution in [0.25, 0.3) is 0 Å². The molecule has 0 atom stereocenters. The Hall–Kier alpha value is -2.21. The summed E-state index contributed by atoms with van der Waals surface area (Å²) < 4.78 is 0. The van der Waals surface area contributed by atoms with E-state index < -0.39 is 0 Å². The maximum absolute atomic E-state index is 4.47. The highest BCUT2D eigenvalue weighted by molar-refractivity contribution is 5.56. The summed E-state index contributed by atoms with van der Waals surface area (Å²) in [6.07, 6.45) is 1.64. The number of aromatic nitrogens is 3. The molecule has 1 heterocycles. The van der Waals surface area contributed by atoms with Gasteiger partial charge in [0.05, 0.1) is 6.20 Å². The zero-order valence-electron chi connectivity index (χ0n) is 12.1. The predicted octanol–water partition coefficient (Wildman–Crippen LogP) is 1.61. The van der Waals surface area contributed by atoms with Crippen LogP contribution in [0.4, 0.5) is 17.5 Å². The average molecular weight is 272 g/mol. The lowest BCUT2D eigenvalue weighted by atomic mass is 10.3. The predicted molar refractivity (Wildman–Crippen MR) is 81.4 cm³/mol. The zero-order chi connectivity index (χ0) is 14.4. The molecule has 20 heavy (non-hydrogen) atoms. The van der Waals surface area contributed by atoms with E-state index in [9.17, 15) is 0 Å². The van der Waals surface area contributed by atoms with E-state index in [4.69, 9.17) is 0 Å². The van der Waals surface area contributed by atoms with Crippen molar-refractivity contribution in [3.8, 4) is 0 Å². The Balaban J connectivity index is 2.05. The monoisotopic (exact) mass is 272 g/mol. The number of benzene rings is 1. The summed E-state index contributed by atoms with van der Waals surface area (Å²) in [7, 11) is 6.00. The van der Waals surface area contributed by atoms with Crippen molar-refractivity contribution in [2.75, 3.05) is 44.4 Å². The van der Waals surface area contributed by atoms with Crippen LogP contribution in [0.1, 0.15) is 0 Å². The third kappa shape index (κ3) is 3.89. The number of rotatable bonds is 6. The van der Waals surface area contributed by atoms with Crippen LogP contribution >= 0.6 is 0 Å². The summed E-state index contributed by atoms with van der Waals surface area (Å²) >= 11 is 0. The Labute approximate surface area is 119 Å².